The summed E-state index contributed by atoms with van der Waals surface area (Å²) < 4.78 is 0. The molecule has 0 aliphatic heterocycles. The predicted octanol–water partition coefficient (Wildman–Crippen LogP) is 2.96. The molecule has 1 saturated carbocycles. The Morgan fingerprint density at radius 3 is 2.64 bits per heavy atom. The molecule has 1 aromatic heterocycles. The Labute approximate surface area is 89.5 Å². The highest BCUT2D eigenvalue weighted by Crippen LogP contribution is 2.35. The molecule has 14 heavy (non-hydrogen) atoms. The number of hydrogen-bond acceptors (Lipinski definition) is 3. The summed E-state index contributed by atoms with van der Waals surface area (Å²) in [7, 11) is 0. The highest BCUT2D eigenvalue weighted by Gasteiger charge is 2.20. The first-order chi connectivity index (χ1) is 6.81. The summed E-state index contributed by atoms with van der Waals surface area (Å²) in [5.41, 5.74) is 6.95. The first-order valence-electron chi connectivity index (χ1n) is 5.47. The molecule has 1 aromatic rings. The third-order valence-electron chi connectivity index (χ3n) is 3.04. The number of nitrogens with zero attached hydrogens (tertiary/aromatic N) is 1. The molecule has 0 amide bonds. The molecule has 3 heteroatoms. The van der Waals surface area contributed by atoms with Gasteiger partial charge in [0.25, 0.3) is 0 Å². The maximum Gasteiger partial charge on any atom is 0.107 e. The number of aromatic nitrogens is 1. The Kier molecular flexibility index (Phi) is 3.19. The van der Waals surface area contributed by atoms with Crippen LogP contribution in [-0.4, -0.2) is 4.98 Å². The van der Waals surface area contributed by atoms with E-state index in [0.29, 0.717) is 6.54 Å². The molecule has 0 aromatic carbocycles. The smallest absolute Gasteiger partial charge is 0.107 e. The van der Waals surface area contributed by atoms with Gasteiger partial charge >= 0.3 is 0 Å². The van der Waals surface area contributed by atoms with E-state index in [2.05, 4.69) is 11.9 Å². The summed E-state index contributed by atoms with van der Waals surface area (Å²) in [4.78, 5) is 6.03. The van der Waals surface area contributed by atoms with Crippen molar-refractivity contribution in [2.45, 2.75) is 51.5 Å². The van der Waals surface area contributed by atoms with Crippen LogP contribution in [0.3, 0.4) is 0 Å². The summed E-state index contributed by atoms with van der Waals surface area (Å²) in [5, 5.41) is 1.10. The van der Waals surface area contributed by atoms with Crippen molar-refractivity contribution in [2.24, 2.45) is 5.73 Å². The molecule has 0 spiro atoms. The molecular formula is C11H18N2S. The number of rotatable bonds is 2. The SMILES string of the molecule is Cc1sc(CN)nc1C1CCCCC1. The van der Waals surface area contributed by atoms with E-state index in [-0.39, 0.29) is 0 Å². The van der Waals surface area contributed by atoms with Gasteiger partial charge in [0.15, 0.2) is 0 Å². The molecule has 1 aliphatic carbocycles. The van der Waals surface area contributed by atoms with Crippen LogP contribution in [0.1, 0.15) is 53.6 Å². The minimum atomic E-state index is 0.595. The van der Waals surface area contributed by atoms with Gasteiger partial charge in [-0.2, -0.15) is 0 Å². The largest absolute Gasteiger partial charge is 0.325 e. The van der Waals surface area contributed by atoms with Crippen molar-refractivity contribution in [3.05, 3.63) is 15.6 Å². The summed E-state index contributed by atoms with van der Waals surface area (Å²) in [6.07, 6.45) is 6.81. The third kappa shape index (κ3) is 1.98. The lowest BCUT2D eigenvalue weighted by molar-refractivity contribution is 0.436. The van der Waals surface area contributed by atoms with Gasteiger partial charge in [-0.05, 0) is 19.8 Å². The molecule has 0 saturated heterocycles. The van der Waals surface area contributed by atoms with Crippen LogP contribution in [-0.2, 0) is 6.54 Å². The lowest BCUT2D eigenvalue weighted by atomic mass is 9.86. The molecule has 0 radical (unpaired) electrons. The van der Waals surface area contributed by atoms with E-state index >= 15 is 0 Å². The second-order valence-corrected chi connectivity index (χ2v) is 5.38. The van der Waals surface area contributed by atoms with Crippen LogP contribution in [0.2, 0.25) is 0 Å². The molecule has 1 aliphatic rings. The normalized spacial score (nSPS) is 18.7. The highest BCUT2D eigenvalue weighted by molar-refractivity contribution is 7.11. The zero-order valence-electron chi connectivity index (χ0n) is 8.75. The zero-order chi connectivity index (χ0) is 9.97. The summed E-state index contributed by atoms with van der Waals surface area (Å²) >= 11 is 1.77. The third-order valence-corrected chi connectivity index (χ3v) is 4.05. The highest BCUT2D eigenvalue weighted by atomic mass is 32.1. The topological polar surface area (TPSA) is 38.9 Å². The number of nitrogens with two attached hydrogens (primary N) is 1. The van der Waals surface area contributed by atoms with Crippen molar-refractivity contribution in [1.29, 1.82) is 0 Å². The second kappa shape index (κ2) is 4.41. The van der Waals surface area contributed by atoms with Crippen molar-refractivity contribution in [3.8, 4) is 0 Å². The predicted molar refractivity (Wildman–Crippen MR) is 60.6 cm³/mol. The van der Waals surface area contributed by atoms with Crippen LogP contribution >= 0.6 is 11.3 Å². The molecule has 0 bridgehead atoms. The van der Waals surface area contributed by atoms with E-state index in [9.17, 15) is 0 Å². The average molecular weight is 210 g/mol. The zero-order valence-corrected chi connectivity index (χ0v) is 9.57. The molecule has 2 nitrogen and oxygen atoms in total. The minimum absolute atomic E-state index is 0.595. The number of thiazole rings is 1. The molecule has 78 valence electrons. The van der Waals surface area contributed by atoms with Gasteiger partial charge in [0.05, 0.1) is 5.69 Å². The Morgan fingerprint density at radius 2 is 2.07 bits per heavy atom. The average Bonchev–Trinajstić information content (AvgIpc) is 2.61. The Balaban J connectivity index is 2.17. The lowest BCUT2D eigenvalue weighted by Crippen LogP contribution is -2.06. The van der Waals surface area contributed by atoms with Crippen LogP contribution in [0.5, 0.6) is 0 Å². The van der Waals surface area contributed by atoms with Crippen LogP contribution < -0.4 is 5.73 Å². The molecule has 2 rings (SSSR count). The quantitative estimate of drug-likeness (QED) is 0.815. The van der Waals surface area contributed by atoms with Crippen molar-refractivity contribution < 1.29 is 0 Å². The Morgan fingerprint density at radius 1 is 1.36 bits per heavy atom. The van der Waals surface area contributed by atoms with Gasteiger partial charge in [-0.15, -0.1) is 11.3 Å². The van der Waals surface area contributed by atoms with Crippen LogP contribution in [0.25, 0.3) is 0 Å². The molecule has 1 heterocycles. The fourth-order valence-corrected chi connectivity index (χ4v) is 3.20. The van der Waals surface area contributed by atoms with E-state index < -0.39 is 0 Å². The number of hydrogen-bond donors (Lipinski definition) is 1. The van der Waals surface area contributed by atoms with Gasteiger partial charge < -0.3 is 5.73 Å². The van der Waals surface area contributed by atoms with Crippen molar-refractivity contribution >= 4 is 11.3 Å². The molecular weight excluding hydrogens is 192 g/mol. The van der Waals surface area contributed by atoms with E-state index in [1.165, 1.54) is 42.7 Å². The summed E-state index contributed by atoms with van der Waals surface area (Å²) in [6, 6.07) is 0. The maximum atomic E-state index is 5.61. The van der Waals surface area contributed by atoms with E-state index in [4.69, 9.17) is 5.73 Å². The molecule has 2 N–H and O–H groups in total. The van der Waals surface area contributed by atoms with Gasteiger partial charge in [0.2, 0.25) is 0 Å². The number of aryl methyl sites for hydroxylation is 1. The standard InChI is InChI=1S/C11H18N2S/c1-8-11(13-10(7-12)14-8)9-5-3-2-4-6-9/h9H,2-7,12H2,1H3. The first kappa shape index (κ1) is 10.1. The minimum Gasteiger partial charge on any atom is -0.325 e. The monoisotopic (exact) mass is 210 g/mol. The Hall–Kier alpha value is -0.410. The van der Waals surface area contributed by atoms with Gasteiger partial charge in [-0.25, -0.2) is 4.98 Å². The van der Waals surface area contributed by atoms with Gasteiger partial charge in [0.1, 0.15) is 5.01 Å². The van der Waals surface area contributed by atoms with E-state index in [0.717, 1.165) is 10.9 Å². The van der Waals surface area contributed by atoms with Crippen molar-refractivity contribution in [1.82, 2.24) is 4.98 Å². The Bertz CT molecular complexity index is 300. The van der Waals surface area contributed by atoms with Crippen molar-refractivity contribution in [3.63, 3.8) is 0 Å². The van der Waals surface area contributed by atoms with Gasteiger partial charge in [0, 0.05) is 17.3 Å². The fraction of sp³-hybridized carbons (Fsp3) is 0.727. The van der Waals surface area contributed by atoms with E-state index in [1.807, 2.05) is 0 Å². The molecule has 0 unspecified atom stereocenters. The lowest BCUT2D eigenvalue weighted by Gasteiger charge is -2.20. The molecule has 0 atom stereocenters. The maximum absolute atomic E-state index is 5.61. The summed E-state index contributed by atoms with van der Waals surface area (Å²) in [5.74, 6) is 0.722. The van der Waals surface area contributed by atoms with Crippen LogP contribution in [0.15, 0.2) is 0 Å². The van der Waals surface area contributed by atoms with Gasteiger partial charge in [-0.3, -0.25) is 0 Å². The van der Waals surface area contributed by atoms with Crippen LogP contribution in [0, 0.1) is 6.92 Å². The van der Waals surface area contributed by atoms with Crippen molar-refractivity contribution in [2.75, 3.05) is 0 Å². The van der Waals surface area contributed by atoms with E-state index in [1.54, 1.807) is 11.3 Å². The second-order valence-electron chi connectivity index (χ2n) is 4.09. The van der Waals surface area contributed by atoms with Gasteiger partial charge in [-0.1, -0.05) is 19.3 Å². The summed E-state index contributed by atoms with van der Waals surface area (Å²) in [6.45, 7) is 2.78. The fourth-order valence-electron chi connectivity index (χ4n) is 2.31. The first-order valence-corrected chi connectivity index (χ1v) is 6.29. The molecule has 1 fully saturated rings. The van der Waals surface area contributed by atoms with Crippen LogP contribution in [0.4, 0.5) is 0 Å².